The Hall–Kier alpha value is -0.650. The van der Waals surface area contributed by atoms with E-state index < -0.39 is 0 Å². The fourth-order valence-electron chi connectivity index (χ4n) is 1.92. The van der Waals surface area contributed by atoms with Crippen molar-refractivity contribution in [1.29, 1.82) is 0 Å². The minimum atomic E-state index is -0.174. The van der Waals surface area contributed by atoms with Crippen LogP contribution in [0.5, 0.6) is 17.2 Å². The molecule has 0 bridgehead atoms. The third-order valence-electron chi connectivity index (χ3n) is 2.94. The molecule has 0 atom stereocenters. The van der Waals surface area contributed by atoms with Crippen LogP contribution in [0.25, 0.3) is 0 Å². The Morgan fingerprint density at radius 1 is 1.05 bits per heavy atom. The van der Waals surface area contributed by atoms with Gasteiger partial charge in [0.05, 0.1) is 7.11 Å². The molecule has 0 aliphatic carbocycles. The highest BCUT2D eigenvalue weighted by Gasteiger charge is 2.26. The number of rotatable bonds is 4. The van der Waals surface area contributed by atoms with Gasteiger partial charge in [-0.3, -0.25) is 0 Å². The summed E-state index contributed by atoms with van der Waals surface area (Å²) in [6.07, 6.45) is 0. The molecule has 21 heavy (non-hydrogen) atoms. The smallest absolute Gasteiger partial charge is 0.148 e. The summed E-state index contributed by atoms with van der Waals surface area (Å²) in [5, 5.41) is 0.717. The maximum absolute atomic E-state index is 6.34. The number of alkyl halides is 1. The first-order chi connectivity index (χ1) is 9.84. The molecule has 0 saturated heterocycles. The highest BCUT2D eigenvalue weighted by molar-refractivity contribution is 14.1. The van der Waals surface area contributed by atoms with Crippen molar-refractivity contribution in [3.63, 3.8) is 0 Å². The quantitative estimate of drug-likeness (QED) is 0.404. The third-order valence-corrected chi connectivity index (χ3v) is 4.36. The molecule has 0 fully saturated rings. The molecule has 2 aromatic carbocycles. The van der Waals surface area contributed by atoms with E-state index in [4.69, 9.17) is 32.7 Å². The van der Waals surface area contributed by atoms with Crippen LogP contribution >= 0.6 is 45.8 Å². The zero-order valence-corrected chi connectivity index (χ0v) is 15.6. The van der Waals surface area contributed by atoms with Crippen molar-refractivity contribution in [2.24, 2.45) is 0 Å². The van der Waals surface area contributed by atoms with E-state index >= 15 is 0 Å². The summed E-state index contributed by atoms with van der Waals surface area (Å²) in [6, 6.07) is 11.3. The molecular formula is C16H15Cl2IO2. The molecule has 0 radical (unpaired) electrons. The van der Waals surface area contributed by atoms with Crippen LogP contribution < -0.4 is 9.47 Å². The summed E-state index contributed by atoms with van der Waals surface area (Å²) >= 11 is 15.0. The number of hydrogen-bond donors (Lipinski definition) is 0. The number of ether oxygens (including phenoxy) is 2. The van der Waals surface area contributed by atoms with Crippen molar-refractivity contribution in [1.82, 2.24) is 0 Å². The van der Waals surface area contributed by atoms with Crippen LogP contribution in [0.15, 0.2) is 36.4 Å². The monoisotopic (exact) mass is 436 g/mol. The predicted molar refractivity (Wildman–Crippen MR) is 96.6 cm³/mol. The number of hydrogen-bond acceptors (Lipinski definition) is 2. The maximum Gasteiger partial charge on any atom is 0.148 e. The summed E-state index contributed by atoms with van der Waals surface area (Å²) < 4.78 is 11.1. The average Bonchev–Trinajstić information content (AvgIpc) is 2.44. The van der Waals surface area contributed by atoms with Crippen molar-refractivity contribution in [3.05, 3.63) is 52.0 Å². The van der Waals surface area contributed by atoms with Crippen LogP contribution in [0.3, 0.4) is 0 Å². The molecule has 2 rings (SSSR count). The van der Waals surface area contributed by atoms with Gasteiger partial charge in [0.2, 0.25) is 0 Å². The van der Waals surface area contributed by atoms with Crippen molar-refractivity contribution in [2.45, 2.75) is 17.3 Å². The molecule has 5 heteroatoms. The predicted octanol–water partition coefficient (Wildman–Crippen LogP) is 6.46. The molecule has 2 nitrogen and oxygen atoms in total. The molecule has 0 aliphatic heterocycles. The molecule has 0 amide bonds. The van der Waals surface area contributed by atoms with E-state index in [0.717, 1.165) is 5.56 Å². The van der Waals surface area contributed by atoms with Gasteiger partial charge in [0, 0.05) is 8.99 Å². The topological polar surface area (TPSA) is 18.5 Å². The Morgan fingerprint density at radius 3 is 2.19 bits per heavy atom. The van der Waals surface area contributed by atoms with Crippen LogP contribution in [-0.2, 0) is 3.42 Å². The van der Waals surface area contributed by atoms with E-state index in [1.165, 1.54) is 0 Å². The zero-order valence-electron chi connectivity index (χ0n) is 11.9. The number of halogens is 3. The van der Waals surface area contributed by atoms with E-state index in [0.29, 0.717) is 27.3 Å². The highest BCUT2D eigenvalue weighted by atomic mass is 127. The van der Waals surface area contributed by atoms with Gasteiger partial charge >= 0.3 is 0 Å². The van der Waals surface area contributed by atoms with E-state index in [1.54, 1.807) is 7.11 Å². The maximum atomic E-state index is 6.34. The van der Waals surface area contributed by atoms with E-state index in [9.17, 15) is 0 Å². The fourth-order valence-corrected chi connectivity index (χ4v) is 2.77. The zero-order chi connectivity index (χ0) is 15.6. The van der Waals surface area contributed by atoms with Gasteiger partial charge in [-0.1, -0.05) is 64.0 Å². The molecule has 0 spiro atoms. The van der Waals surface area contributed by atoms with Crippen LogP contribution in [0.2, 0.25) is 10.0 Å². The third kappa shape index (κ3) is 3.76. The first-order valence-corrected chi connectivity index (χ1v) is 8.16. The second-order valence-corrected chi connectivity index (χ2v) is 8.42. The molecule has 0 heterocycles. The van der Waals surface area contributed by atoms with Crippen LogP contribution in [0, 0.1) is 0 Å². The largest absolute Gasteiger partial charge is 0.495 e. The Labute approximate surface area is 148 Å². The van der Waals surface area contributed by atoms with Crippen molar-refractivity contribution in [3.8, 4) is 17.2 Å². The number of methoxy groups -OCH3 is 1. The van der Waals surface area contributed by atoms with Crippen molar-refractivity contribution >= 4 is 45.8 Å². The Kier molecular flexibility index (Phi) is 5.28. The lowest BCUT2D eigenvalue weighted by molar-refractivity contribution is 0.404. The molecule has 0 saturated carbocycles. The van der Waals surface area contributed by atoms with Gasteiger partial charge < -0.3 is 9.47 Å². The second-order valence-electron chi connectivity index (χ2n) is 4.97. The number of benzene rings is 2. The molecule has 0 N–H and O–H groups in total. The van der Waals surface area contributed by atoms with Crippen LogP contribution in [0.4, 0.5) is 0 Å². The lowest BCUT2D eigenvalue weighted by Gasteiger charge is -2.23. The molecule has 0 unspecified atom stereocenters. The molecule has 2 aromatic rings. The van der Waals surface area contributed by atoms with E-state index in [1.807, 2.05) is 36.4 Å². The average molecular weight is 437 g/mol. The summed E-state index contributed by atoms with van der Waals surface area (Å²) in [6.45, 7) is 4.14. The van der Waals surface area contributed by atoms with E-state index in [-0.39, 0.29) is 3.42 Å². The Morgan fingerprint density at radius 2 is 1.67 bits per heavy atom. The number of para-hydroxylation sites is 1. The Bertz CT molecular complexity index is 637. The Balaban J connectivity index is 2.55. The van der Waals surface area contributed by atoms with Gasteiger partial charge in [-0.2, -0.15) is 0 Å². The summed E-state index contributed by atoms with van der Waals surface area (Å²) in [5.74, 6) is 1.81. The van der Waals surface area contributed by atoms with Gasteiger partial charge in [-0.05, 0) is 32.0 Å². The van der Waals surface area contributed by atoms with Gasteiger partial charge in [-0.25, -0.2) is 0 Å². The minimum Gasteiger partial charge on any atom is -0.495 e. The second kappa shape index (κ2) is 6.63. The van der Waals surface area contributed by atoms with Crippen LogP contribution in [0.1, 0.15) is 19.4 Å². The molecular weight excluding hydrogens is 422 g/mol. The molecule has 0 aromatic heterocycles. The van der Waals surface area contributed by atoms with E-state index in [2.05, 4.69) is 36.4 Å². The standard InChI is InChI=1S/C16H15Cl2IO2/c1-16(2,19)11-9-12(13(17)14(18)15(11)20-3)21-10-7-5-4-6-8-10/h4-9H,1-3H3. The van der Waals surface area contributed by atoms with Gasteiger partial charge in [-0.15, -0.1) is 0 Å². The lowest BCUT2D eigenvalue weighted by Crippen LogP contribution is -2.09. The highest BCUT2D eigenvalue weighted by Crippen LogP contribution is 2.48. The normalized spacial score (nSPS) is 11.3. The van der Waals surface area contributed by atoms with Gasteiger partial charge in [0.25, 0.3) is 0 Å². The first kappa shape index (κ1) is 16.7. The van der Waals surface area contributed by atoms with Crippen molar-refractivity contribution in [2.75, 3.05) is 7.11 Å². The van der Waals surface area contributed by atoms with Crippen LogP contribution in [-0.4, -0.2) is 7.11 Å². The van der Waals surface area contributed by atoms with Gasteiger partial charge in [0.15, 0.2) is 0 Å². The lowest BCUT2D eigenvalue weighted by atomic mass is 10.0. The molecule has 112 valence electrons. The fraction of sp³-hybridized carbons (Fsp3) is 0.250. The summed E-state index contributed by atoms with van der Waals surface area (Å²) in [4.78, 5) is 0. The summed E-state index contributed by atoms with van der Waals surface area (Å²) in [5.41, 5.74) is 0.936. The molecule has 0 aliphatic rings. The minimum absolute atomic E-state index is 0.174. The first-order valence-electron chi connectivity index (χ1n) is 6.33. The van der Waals surface area contributed by atoms with Crippen molar-refractivity contribution < 1.29 is 9.47 Å². The summed E-state index contributed by atoms with van der Waals surface area (Å²) in [7, 11) is 1.58. The SMILES string of the molecule is COc1c(C(C)(C)I)cc(Oc2ccccc2)c(Cl)c1Cl. The van der Waals surface area contributed by atoms with Gasteiger partial charge in [0.1, 0.15) is 27.3 Å².